The predicted octanol–water partition coefficient (Wildman–Crippen LogP) is 0.807. The smallest absolute Gasteiger partial charge is 0.240 e. The number of carbonyl (C=O) groups excluding carboxylic acids is 1. The number of amides is 1. The Morgan fingerprint density at radius 3 is 2.57 bits per heavy atom. The predicted molar refractivity (Wildman–Crippen MR) is 54.1 cm³/mol. The van der Waals surface area contributed by atoms with Crippen molar-refractivity contribution in [3.05, 3.63) is 12.7 Å². The van der Waals surface area contributed by atoms with E-state index >= 15 is 0 Å². The zero-order chi connectivity index (χ0) is 10.8. The van der Waals surface area contributed by atoms with Crippen LogP contribution in [0.25, 0.3) is 0 Å². The third-order valence-electron chi connectivity index (χ3n) is 2.27. The molecule has 1 N–H and O–H groups in total. The first-order valence-electron chi connectivity index (χ1n) is 4.69. The highest BCUT2D eigenvalue weighted by Crippen LogP contribution is 2.27. The fourth-order valence-corrected chi connectivity index (χ4v) is 2.49. The average molecular weight is 217 g/mol. The van der Waals surface area contributed by atoms with E-state index in [9.17, 15) is 13.2 Å². The van der Waals surface area contributed by atoms with Crippen LogP contribution in [-0.4, -0.2) is 19.6 Å². The van der Waals surface area contributed by atoms with Crippen LogP contribution in [-0.2, 0) is 14.8 Å². The Morgan fingerprint density at radius 1 is 1.64 bits per heavy atom. The van der Waals surface area contributed by atoms with E-state index in [-0.39, 0.29) is 5.25 Å². The summed E-state index contributed by atoms with van der Waals surface area (Å²) >= 11 is 0. The van der Waals surface area contributed by atoms with Gasteiger partial charge >= 0.3 is 0 Å². The molecule has 1 atom stereocenters. The Morgan fingerprint density at radius 2 is 2.21 bits per heavy atom. The Kier molecular flexibility index (Phi) is 3.31. The minimum absolute atomic E-state index is 0.353. The lowest BCUT2D eigenvalue weighted by molar-refractivity contribution is -0.121. The van der Waals surface area contributed by atoms with Crippen LogP contribution in [0.4, 0.5) is 0 Å². The molecule has 0 heterocycles. The molecule has 1 amide bonds. The van der Waals surface area contributed by atoms with Gasteiger partial charge in [0.2, 0.25) is 15.9 Å². The van der Waals surface area contributed by atoms with E-state index in [1.54, 1.807) is 0 Å². The summed E-state index contributed by atoms with van der Waals surface area (Å²) in [5, 5.41) is -0.353. The molecule has 0 spiro atoms. The number of hydrogen-bond acceptors (Lipinski definition) is 3. The van der Waals surface area contributed by atoms with Gasteiger partial charge in [0.1, 0.15) is 0 Å². The highest BCUT2D eigenvalue weighted by molar-refractivity contribution is 7.90. The van der Waals surface area contributed by atoms with E-state index in [2.05, 4.69) is 11.3 Å². The molecule has 0 saturated heterocycles. The van der Waals surface area contributed by atoms with Gasteiger partial charge in [-0.05, 0) is 19.3 Å². The summed E-state index contributed by atoms with van der Waals surface area (Å²) in [6, 6.07) is 0. The molecule has 1 saturated carbocycles. The monoisotopic (exact) mass is 217 g/mol. The van der Waals surface area contributed by atoms with Crippen molar-refractivity contribution in [3.8, 4) is 0 Å². The molecule has 1 aliphatic carbocycles. The molecule has 1 rings (SSSR count). The number of nitrogens with one attached hydrogen (secondary N) is 1. The van der Waals surface area contributed by atoms with Crippen LogP contribution in [0.3, 0.4) is 0 Å². The summed E-state index contributed by atoms with van der Waals surface area (Å²) in [6.07, 6.45) is 3.36. The quantitative estimate of drug-likeness (QED) is 0.693. The van der Waals surface area contributed by atoms with E-state index < -0.39 is 21.8 Å². The highest BCUT2D eigenvalue weighted by Gasteiger charge is 2.37. The molecule has 0 radical (unpaired) electrons. The van der Waals surface area contributed by atoms with Gasteiger partial charge in [-0.3, -0.25) is 9.52 Å². The maximum absolute atomic E-state index is 11.4. The molecule has 0 aliphatic heterocycles. The zero-order valence-electron chi connectivity index (χ0n) is 8.19. The van der Waals surface area contributed by atoms with Gasteiger partial charge in [0.25, 0.3) is 0 Å². The summed E-state index contributed by atoms with van der Waals surface area (Å²) in [4.78, 5) is 11.4. The van der Waals surface area contributed by atoms with Crippen LogP contribution in [0, 0.1) is 5.92 Å². The molecule has 14 heavy (non-hydrogen) atoms. The fourth-order valence-electron chi connectivity index (χ4n) is 1.14. The van der Waals surface area contributed by atoms with E-state index in [1.165, 1.54) is 6.08 Å². The van der Waals surface area contributed by atoms with Gasteiger partial charge in [-0.1, -0.05) is 13.0 Å². The Labute approximate surface area is 84.4 Å². The molecule has 4 nitrogen and oxygen atoms in total. The third-order valence-corrected chi connectivity index (χ3v) is 4.10. The molecule has 1 aliphatic rings. The van der Waals surface area contributed by atoms with Gasteiger partial charge in [0.15, 0.2) is 0 Å². The lowest BCUT2D eigenvalue weighted by Gasteiger charge is -2.10. The van der Waals surface area contributed by atoms with Crippen molar-refractivity contribution >= 4 is 15.9 Å². The van der Waals surface area contributed by atoms with E-state index in [0.717, 1.165) is 0 Å². The van der Waals surface area contributed by atoms with Crippen molar-refractivity contribution in [2.75, 3.05) is 0 Å². The Bertz CT molecular complexity index is 330. The van der Waals surface area contributed by atoms with Crippen molar-refractivity contribution in [2.24, 2.45) is 5.92 Å². The molecular weight excluding hydrogens is 202 g/mol. The topological polar surface area (TPSA) is 63.2 Å². The number of carbonyl (C=O) groups is 1. The van der Waals surface area contributed by atoms with Crippen LogP contribution >= 0.6 is 0 Å². The van der Waals surface area contributed by atoms with Crippen LogP contribution in [0.2, 0.25) is 0 Å². The highest BCUT2D eigenvalue weighted by atomic mass is 32.2. The molecule has 5 heteroatoms. The first kappa shape index (κ1) is 11.2. The maximum atomic E-state index is 11.4. The standard InChI is InChI=1S/C9H15NO3S/c1-3-7(4-2)9(11)10-14(12,13)8-5-6-8/h3,7-8H,1,4-6H2,2H3,(H,10,11)/t7-/m1/s1. The summed E-state index contributed by atoms with van der Waals surface area (Å²) in [5.74, 6) is -0.877. The molecule has 0 aromatic heterocycles. The normalized spacial score (nSPS) is 18.6. The first-order valence-corrected chi connectivity index (χ1v) is 6.24. The molecular formula is C9H15NO3S. The Hall–Kier alpha value is -0.840. The lowest BCUT2D eigenvalue weighted by Crippen LogP contribution is -2.36. The summed E-state index contributed by atoms with van der Waals surface area (Å²) in [7, 11) is -3.40. The fraction of sp³-hybridized carbons (Fsp3) is 0.667. The molecule has 0 unspecified atom stereocenters. The molecule has 80 valence electrons. The molecule has 0 bridgehead atoms. The second kappa shape index (κ2) is 4.13. The van der Waals surface area contributed by atoms with Gasteiger partial charge in [-0.2, -0.15) is 0 Å². The third kappa shape index (κ3) is 2.57. The van der Waals surface area contributed by atoms with Crippen LogP contribution in [0.1, 0.15) is 26.2 Å². The SMILES string of the molecule is C=C[C@H](CC)C(=O)NS(=O)(=O)C1CC1. The minimum atomic E-state index is -3.40. The average Bonchev–Trinajstić information content (AvgIpc) is 2.87. The van der Waals surface area contributed by atoms with Crippen molar-refractivity contribution in [2.45, 2.75) is 31.4 Å². The summed E-state index contributed by atoms with van der Waals surface area (Å²) in [5.41, 5.74) is 0. The number of rotatable bonds is 5. The van der Waals surface area contributed by atoms with Crippen molar-refractivity contribution in [1.29, 1.82) is 0 Å². The maximum Gasteiger partial charge on any atom is 0.240 e. The zero-order valence-corrected chi connectivity index (χ0v) is 9.01. The van der Waals surface area contributed by atoms with E-state index in [0.29, 0.717) is 19.3 Å². The van der Waals surface area contributed by atoms with Gasteiger partial charge < -0.3 is 0 Å². The van der Waals surface area contributed by atoms with Crippen molar-refractivity contribution in [3.63, 3.8) is 0 Å². The number of hydrogen-bond donors (Lipinski definition) is 1. The van der Waals surface area contributed by atoms with Crippen LogP contribution < -0.4 is 4.72 Å². The van der Waals surface area contributed by atoms with E-state index in [4.69, 9.17) is 0 Å². The largest absolute Gasteiger partial charge is 0.273 e. The molecule has 0 aromatic rings. The van der Waals surface area contributed by atoms with Gasteiger partial charge in [0, 0.05) is 0 Å². The summed E-state index contributed by atoms with van der Waals surface area (Å²) < 4.78 is 24.8. The first-order chi connectivity index (χ1) is 6.51. The van der Waals surface area contributed by atoms with Gasteiger partial charge in [0.05, 0.1) is 11.2 Å². The van der Waals surface area contributed by atoms with E-state index in [1.807, 2.05) is 6.92 Å². The van der Waals surface area contributed by atoms with Gasteiger partial charge in [-0.25, -0.2) is 8.42 Å². The molecule has 1 fully saturated rings. The van der Waals surface area contributed by atoms with Crippen LogP contribution in [0.5, 0.6) is 0 Å². The van der Waals surface area contributed by atoms with Crippen molar-refractivity contribution in [1.82, 2.24) is 4.72 Å². The second-order valence-electron chi connectivity index (χ2n) is 3.46. The van der Waals surface area contributed by atoms with Gasteiger partial charge in [-0.15, -0.1) is 6.58 Å². The second-order valence-corrected chi connectivity index (χ2v) is 5.42. The van der Waals surface area contributed by atoms with Crippen LogP contribution in [0.15, 0.2) is 12.7 Å². The lowest BCUT2D eigenvalue weighted by atomic mass is 10.1. The Balaban J connectivity index is 2.59. The minimum Gasteiger partial charge on any atom is -0.273 e. The number of sulfonamides is 1. The van der Waals surface area contributed by atoms with Crippen molar-refractivity contribution < 1.29 is 13.2 Å². The molecule has 0 aromatic carbocycles. The summed E-state index contributed by atoms with van der Waals surface area (Å²) in [6.45, 7) is 5.30.